The summed E-state index contributed by atoms with van der Waals surface area (Å²) < 4.78 is 16.8. The van der Waals surface area contributed by atoms with E-state index in [2.05, 4.69) is 6.92 Å². The number of hydrogen-bond donors (Lipinski definition) is 0. The minimum Gasteiger partial charge on any atom is -0.491 e. The van der Waals surface area contributed by atoms with Crippen LogP contribution in [0.3, 0.4) is 0 Å². The van der Waals surface area contributed by atoms with Gasteiger partial charge in [-0.05, 0) is 65.0 Å². The van der Waals surface area contributed by atoms with E-state index in [4.69, 9.17) is 14.2 Å². The molecule has 0 N–H and O–H groups in total. The van der Waals surface area contributed by atoms with E-state index in [1.54, 1.807) is 27.9 Å². The largest absolute Gasteiger partial charge is 0.491 e. The molecular formula is C36H51NO6. The van der Waals surface area contributed by atoms with Crippen LogP contribution < -0.4 is 0 Å². The molecule has 0 heterocycles. The highest BCUT2D eigenvalue weighted by Crippen LogP contribution is 2.40. The van der Waals surface area contributed by atoms with Gasteiger partial charge in [-0.15, -0.1) is 0 Å². The second-order valence-corrected chi connectivity index (χ2v) is 12.4. The van der Waals surface area contributed by atoms with E-state index in [0.29, 0.717) is 24.2 Å². The van der Waals surface area contributed by atoms with Gasteiger partial charge in [0.15, 0.2) is 5.78 Å². The monoisotopic (exact) mass is 593 g/mol. The van der Waals surface area contributed by atoms with Crippen LogP contribution in [0.5, 0.6) is 0 Å². The number of imide groups is 1. The van der Waals surface area contributed by atoms with E-state index in [-0.39, 0.29) is 24.2 Å². The molecule has 0 bridgehead atoms. The summed E-state index contributed by atoms with van der Waals surface area (Å²) in [5.74, 6) is -0.0224. The fraction of sp³-hybridized carbons (Fsp3) is 0.528. The van der Waals surface area contributed by atoms with Crippen molar-refractivity contribution in [1.82, 2.24) is 4.90 Å². The maximum Gasteiger partial charge on any atom is 0.417 e. The summed E-state index contributed by atoms with van der Waals surface area (Å²) in [5, 5.41) is 0. The van der Waals surface area contributed by atoms with E-state index in [9.17, 15) is 14.4 Å². The highest BCUT2D eigenvalue weighted by Gasteiger charge is 2.47. The summed E-state index contributed by atoms with van der Waals surface area (Å²) in [6.07, 6.45) is 1.63. The van der Waals surface area contributed by atoms with E-state index < -0.39 is 23.2 Å². The van der Waals surface area contributed by atoms with Crippen molar-refractivity contribution in [2.45, 2.75) is 93.2 Å². The molecule has 0 fully saturated rings. The van der Waals surface area contributed by atoms with Gasteiger partial charge in [0.25, 0.3) is 0 Å². The van der Waals surface area contributed by atoms with Gasteiger partial charge in [0.1, 0.15) is 18.0 Å². The van der Waals surface area contributed by atoms with Crippen LogP contribution >= 0.6 is 0 Å². The zero-order valence-electron chi connectivity index (χ0n) is 27.8. The predicted molar refractivity (Wildman–Crippen MR) is 171 cm³/mol. The minimum atomic E-state index is -1.07. The number of carbonyl (C=O) groups excluding carboxylic acids is 3. The molecule has 236 valence electrons. The summed E-state index contributed by atoms with van der Waals surface area (Å²) in [7, 11) is 1.71. The predicted octanol–water partition coefficient (Wildman–Crippen LogP) is 8.18. The second-order valence-electron chi connectivity index (χ2n) is 12.4. The van der Waals surface area contributed by atoms with Crippen LogP contribution in [-0.2, 0) is 30.2 Å². The molecule has 2 aromatic rings. The van der Waals surface area contributed by atoms with Gasteiger partial charge in [-0.2, -0.15) is 0 Å². The molecule has 3 unspecified atom stereocenters. The Morgan fingerprint density at radius 2 is 1.53 bits per heavy atom. The first-order valence-electron chi connectivity index (χ1n) is 15.3. The zero-order valence-corrected chi connectivity index (χ0v) is 27.8. The average Bonchev–Trinajstić information content (AvgIpc) is 3.34. The van der Waals surface area contributed by atoms with Crippen LogP contribution in [0.25, 0.3) is 5.76 Å². The molecule has 0 saturated heterocycles. The molecule has 7 nitrogen and oxygen atoms in total. The first kappa shape index (κ1) is 35.7. The number of nitrogens with zero attached hydrogens (tertiary/aromatic N) is 1. The lowest BCUT2D eigenvalue weighted by Gasteiger charge is -2.40. The van der Waals surface area contributed by atoms with Gasteiger partial charge >= 0.3 is 6.09 Å². The van der Waals surface area contributed by atoms with Crippen molar-refractivity contribution in [2.75, 3.05) is 20.3 Å². The van der Waals surface area contributed by atoms with Crippen LogP contribution in [0, 0.1) is 11.3 Å². The van der Waals surface area contributed by atoms with Gasteiger partial charge in [0, 0.05) is 31.3 Å². The van der Waals surface area contributed by atoms with Gasteiger partial charge < -0.3 is 14.2 Å². The molecule has 43 heavy (non-hydrogen) atoms. The summed E-state index contributed by atoms with van der Waals surface area (Å²) in [4.78, 5) is 41.7. The van der Waals surface area contributed by atoms with Gasteiger partial charge in [-0.1, -0.05) is 81.8 Å². The molecule has 0 aliphatic heterocycles. The van der Waals surface area contributed by atoms with Gasteiger partial charge in [-0.3, -0.25) is 9.59 Å². The van der Waals surface area contributed by atoms with E-state index in [1.807, 2.05) is 82.3 Å². The molecular weight excluding hydrogens is 542 g/mol. The van der Waals surface area contributed by atoms with Gasteiger partial charge in [0.2, 0.25) is 5.91 Å². The van der Waals surface area contributed by atoms with Crippen LogP contribution in [-0.4, -0.2) is 48.6 Å². The Morgan fingerprint density at radius 3 is 2.05 bits per heavy atom. The topological polar surface area (TPSA) is 82.1 Å². The Labute approximate surface area is 258 Å². The summed E-state index contributed by atoms with van der Waals surface area (Å²) in [6.45, 7) is 17.6. The smallest absolute Gasteiger partial charge is 0.417 e. The number of fused-ring (bicyclic) bond motifs is 1. The Balaban J connectivity index is 0.00000119. The summed E-state index contributed by atoms with van der Waals surface area (Å²) in [6, 6.07) is 16.7. The van der Waals surface area contributed by atoms with Crippen molar-refractivity contribution in [3.63, 3.8) is 0 Å². The molecule has 0 aromatic heterocycles. The molecule has 1 aliphatic rings. The molecule has 7 heteroatoms. The van der Waals surface area contributed by atoms with Crippen molar-refractivity contribution in [3.05, 3.63) is 76.9 Å². The van der Waals surface area contributed by atoms with Crippen molar-refractivity contribution in [1.29, 1.82) is 0 Å². The van der Waals surface area contributed by atoms with Crippen molar-refractivity contribution in [3.8, 4) is 0 Å². The average molecular weight is 594 g/mol. The minimum absolute atomic E-state index is 0.0160. The third-order valence-electron chi connectivity index (χ3n) is 7.92. The van der Waals surface area contributed by atoms with Gasteiger partial charge in [-0.25, -0.2) is 9.69 Å². The second kappa shape index (κ2) is 15.9. The molecule has 3 rings (SSSR count). The number of allylic oxidation sites excluding steroid dienone is 1. The third-order valence-corrected chi connectivity index (χ3v) is 7.92. The third kappa shape index (κ3) is 9.27. The van der Waals surface area contributed by atoms with E-state index in [1.165, 1.54) is 11.8 Å². The maximum absolute atomic E-state index is 14.4. The summed E-state index contributed by atoms with van der Waals surface area (Å²) in [5.41, 5.74) is 1.48. The van der Waals surface area contributed by atoms with Crippen LogP contribution in [0.15, 0.2) is 60.2 Å². The molecule has 2 amide bonds. The molecule has 1 aliphatic carbocycles. The molecule has 3 atom stereocenters. The highest BCUT2D eigenvalue weighted by molar-refractivity contribution is 6.02. The molecule has 0 spiro atoms. The fourth-order valence-electron chi connectivity index (χ4n) is 4.95. The number of ketones is 1. The highest BCUT2D eigenvalue weighted by atomic mass is 16.6. The van der Waals surface area contributed by atoms with E-state index in [0.717, 1.165) is 29.7 Å². The van der Waals surface area contributed by atoms with Crippen LogP contribution in [0.1, 0.15) is 97.9 Å². The normalized spacial score (nSPS) is 15.3. The number of hydrogen-bond acceptors (Lipinski definition) is 6. The lowest BCUT2D eigenvalue weighted by molar-refractivity contribution is -0.148. The number of rotatable bonds is 11. The number of carbonyl (C=O) groups is 3. The molecule has 0 radical (unpaired) electrons. The Kier molecular flexibility index (Phi) is 13.2. The Bertz CT molecular complexity index is 1260. The lowest BCUT2D eigenvalue weighted by atomic mass is 9.75. The van der Waals surface area contributed by atoms with Crippen molar-refractivity contribution in [2.24, 2.45) is 11.3 Å². The number of ether oxygens (including phenoxy) is 3. The van der Waals surface area contributed by atoms with Gasteiger partial charge in [0.05, 0.1) is 11.5 Å². The number of methoxy groups -OCH3 is 1. The van der Waals surface area contributed by atoms with E-state index >= 15 is 0 Å². The first-order chi connectivity index (χ1) is 20.2. The lowest BCUT2D eigenvalue weighted by Crippen LogP contribution is -2.52. The Morgan fingerprint density at radius 1 is 0.930 bits per heavy atom. The number of amides is 2. The standard InChI is InChI=1S/C32H41NO5.C4H10O/c1-9-21(2)32(8,20-37-28-26-18-14-13-17-25(26)19-27(28)23(4)34)29(35)33(30(36)38-31(5,6)7)22(3)24-15-11-10-12-16-24;1-3-4-5-2/h10-18,21-22H,9,19-20H2,1-8H3;3-4H2,1-2H3. The van der Waals surface area contributed by atoms with Crippen molar-refractivity contribution >= 4 is 23.5 Å². The summed E-state index contributed by atoms with van der Waals surface area (Å²) >= 11 is 0. The van der Waals surface area contributed by atoms with Crippen LogP contribution in [0.2, 0.25) is 0 Å². The number of benzene rings is 2. The molecule has 0 saturated carbocycles. The number of Topliss-reactive ketones (excluding diaryl/α,β-unsaturated/α-hetero) is 1. The zero-order chi connectivity index (χ0) is 32.4. The first-order valence-corrected chi connectivity index (χ1v) is 15.3. The fourth-order valence-corrected chi connectivity index (χ4v) is 4.95. The quantitative estimate of drug-likeness (QED) is 0.261. The SMILES string of the molecule is CCC(C)C(C)(COC1=C(C(C)=O)Cc2ccccc21)C(=O)N(C(=O)OC(C)(C)C)C(C)c1ccccc1.CCCOC. The van der Waals surface area contributed by atoms with Crippen molar-refractivity contribution < 1.29 is 28.6 Å². The van der Waals surface area contributed by atoms with Crippen LogP contribution in [0.4, 0.5) is 4.79 Å². The maximum atomic E-state index is 14.4. The Hall–Kier alpha value is -3.45. The molecule has 2 aromatic carbocycles.